The highest BCUT2D eigenvalue weighted by Gasteiger charge is 2.20. The number of aryl methyl sites for hydroxylation is 2. The summed E-state index contributed by atoms with van der Waals surface area (Å²) in [6.45, 7) is 2.24. The molecule has 0 fully saturated rings. The molecule has 0 aliphatic carbocycles. The van der Waals surface area contributed by atoms with Crippen LogP contribution in [0.25, 0.3) is 10.9 Å². The Morgan fingerprint density at radius 2 is 2.00 bits per heavy atom. The van der Waals surface area contributed by atoms with Crippen molar-refractivity contribution in [3.8, 4) is 0 Å². The summed E-state index contributed by atoms with van der Waals surface area (Å²) in [5.41, 5.74) is 5.04. The predicted molar refractivity (Wildman–Crippen MR) is 110 cm³/mol. The van der Waals surface area contributed by atoms with Crippen molar-refractivity contribution in [2.45, 2.75) is 20.0 Å². The van der Waals surface area contributed by atoms with Gasteiger partial charge in [0.05, 0.1) is 6.67 Å². The summed E-state index contributed by atoms with van der Waals surface area (Å²) in [4.78, 5) is 17.4. The molecule has 0 aliphatic heterocycles. The minimum atomic E-state index is -0.252. The standard InChI is InChI=1S/C21H21N7O/c1-14-4-3-5-16(26-14)8-15-6-7-17-18(10-22)20(27(2)19(17)9-15)21(29)23-11-28-12-24-25-13-28/h3-7,9-10,12-13,22H,8,11H2,1-2H3,(H,23,29). The number of nitrogens with zero attached hydrogens (tertiary/aromatic N) is 5. The van der Waals surface area contributed by atoms with E-state index in [9.17, 15) is 4.79 Å². The Morgan fingerprint density at radius 3 is 2.72 bits per heavy atom. The fraction of sp³-hybridized carbons (Fsp3) is 0.190. The molecule has 1 aromatic carbocycles. The van der Waals surface area contributed by atoms with Crippen molar-refractivity contribution in [1.29, 1.82) is 5.41 Å². The zero-order valence-corrected chi connectivity index (χ0v) is 16.3. The third kappa shape index (κ3) is 3.64. The van der Waals surface area contributed by atoms with E-state index in [1.165, 1.54) is 18.9 Å². The molecule has 3 heterocycles. The molecule has 29 heavy (non-hydrogen) atoms. The first-order chi connectivity index (χ1) is 14.1. The highest BCUT2D eigenvalue weighted by atomic mass is 16.2. The monoisotopic (exact) mass is 387 g/mol. The Balaban J connectivity index is 1.67. The van der Waals surface area contributed by atoms with Crippen LogP contribution < -0.4 is 5.32 Å². The van der Waals surface area contributed by atoms with Crippen LogP contribution in [-0.4, -0.2) is 36.4 Å². The summed E-state index contributed by atoms with van der Waals surface area (Å²) < 4.78 is 3.50. The van der Waals surface area contributed by atoms with E-state index >= 15 is 0 Å². The lowest BCUT2D eigenvalue weighted by molar-refractivity contribution is 0.0934. The maximum atomic E-state index is 12.8. The van der Waals surface area contributed by atoms with E-state index in [2.05, 4.69) is 26.6 Å². The van der Waals surface area contributed by atoms with E-state index in [1.807, 2.05) is 48.9 Å². The number of hydrogen-bond acceptors (Lipinski definition) is 5. The fourth-order valence-electron chi connectivity index (χ4n) is 3.50. The SMILES string of the molecule is Cc1cccc(Cc2ccc3c(C=N)c(C(=O)NCn4cnnc4)n(C)c3c2)n1. The van der Waals surface area contributed by atoms with Crippen LogP contribution in [0.4, 0.5) is 0 Å². The summed E-state index contributed by atoms with van der Waals surface area (Å²) in [6.07, 6.45) is 5.01. The Kier molecular flexibility index (Phi) is 4.90. The van der Waals surface area contributed by atoms with Gasteiger partial charge in [-0.2, -0.15) is 0 Å². The number of aromatic nitrogens is 5. The minimum absolute atomic E-state index is 0.252. The minimum Gasteiger partial charge on any atom is -0.339 e. The van der Waals surface area contributed by atoms with Gasteiger partial charge in [0.1, 0.15) is 18.3 Å². The van der Waals surface area contributed by atoms with Crippen LogP contribution in [0.3, 0.4) is 0 Å². The lowest BCUT2D eigenvalue weighted by Crippen LogP contribution is -2.28. The highest BCUT2D eigenvalue weighted by molar-refractivity contribution is 6.10. The van der Waals surface area contributed by atoms with Gasteiger partial charge >= 0.3 is 0 Å². The topological polar surface area (TPSA) is 101 Å². The summed E-state index contributed by atoms with van der Waals surface area (Å²) >= 11 is 0. The van der Waals surface area contributed by atoms with Crippen LogP contribution in [0, 0.1) is 12.3 Å². The number of amides is 1. The summed E-state index contributed by atoms with van der Waals surface area (Å²) in [5.74, 6) is -0.252. The second kappa shape index (κ2) is 7.67. The number of pyridine rings is 1. The maximum Gasteiger partial charge on any atom is 0.270 e. The molecule has 8 nitrogen and oxygen atoms in total. The molecule has 0 bridgehead atoms. The van der Waals surface area contributed by atoms with Crippen LogP contribution in [0.1, 0.15) is 33.0 Å². The van der Waals surface area contributed by atoms with Gasteiger partial charge in [-0.25, -0.2) is 0 Å². The Bertz CT molecular complexity index is 1190. The van der Waals surface area contributed by atoms with Gasteiger partial charge in [0, 0.05) is 47.5 Å². The third-order valence-electron chi connectivity index (χ3n) is 4.88. The summed E-state index contributed by atoms with van der Waals surface area (Å²) in [5, 5.41) is 19.0. The van der Waals surface area contributed by atoms with Crippen LogP contribution in [-0.2, 0) is 20.1 Å². The number of carbonyl (C=O) groups is 1. The molecule has 4 rings (SSSR count). The molecule has 0 spiro atoms. The van der Waals surface area contributed by atoms with E-state index in [1.54, 1.807) is 4.57 Å². The van der Waals surface area contributed by atoms with Crippen molar-refractivity contribution in [1.82, 2.24) is 29.6 Å². The second-order valence-electron chi connectivity index (χ2n) is 6.90. The van der Waals surface area contributed by atoms with Crippen molar-refractivity contribution in [3.05, 3.63) is 77.3 Å². The van der Waals surface area contributed by atoms with E-state index < -0.39 is 0 Å². The van der Waals surface area contributed by atoms with Gasteiger partial charge in [0.15, 0.2) is 0 Å². The van der Waals surface area contributed by atoms with E-state index in [4.69, 9.17) is 5.41 Å². The van der Waals surface area contributed by atoms with Crippen molar-refractivity contribution in [2.24, 2.45) is 7.05 Å². The molecule has 0 saturated carbocycles. The van der Waals surface area contributed by atoms with Gasteiger partial charge in [-0.1, -0.05) is 18.2 Å². The number of benzene rings is 1. The number of fused-ring (bicyclic) bond motifs is 1. The van der Waals surface area contributed by atoms with Gasteiger partial charge in [-0.15, -0.1) is 10.2 Å². The van der Waals surface area contributed by atoms with Crippen molar-refractivity contribution in [3.63, 3.8) is 0 Å². The largest absolute Gasteiger partial charge is 0.339 e. The first-order valence-electron chi connectivity index (χ1n) is 9.21. The molecular formula is C21H21N7O. The molecule has 146 valence electrons. The number of rotatable bonds is 6. The van der Waals surface area contributed by atoms with Crippen LogP contribution in [0.5, 0.6) is 0 Å². The molecule has 0 unspecified atom stereocenters. The van der Waals surface area contributed by atoms with Crippen LogP contribution in [0.15, 0.2) is 49.1 Å². The molecule has 1 amide bonds. The molecule has 4 aromatic rings. The quantitative estimate of drug-likeness (QED) is 0.496. The molecule has 0 radical (unpaired) electrons. The molecular weight excluding hydrogens is 366 g/mol. The molecule has 0 saturated heterocycles. The fourth-order valence-corrected chi connectivity index (χ4v) is 3.50. The summed E-state index contributed by atoms with van der Waals surface area (Å²) in [6, 6.07) is 12.0. The van der Waals surface area contributed by atoms with Gasteiger partial charge in [-0.05, 0) is 30.7 Å². The predicted octanol–water partition coefficient (Wildman–Crippen LogP) is 2.45. The lowest BCUT2D eigenvalue weighted by Gasteiger charge is -2.08. The number of nitrogens with one attached hydrogen (secondary N) is 2. The van der Waals surface area contributed by atoms with Gasteiger partial charge in [0.25, 0.3) is 5.91 Å². The zero-order valence-electron chi connectivity index (χ0n) is 16.3. The molecule has 0 aliphatic rings. The van der Waals surface area contributed by atoms with Gasteiger partial charge in [0.2, 0.25) is 0 Å². The first kappa shape index (κ1) is 18.5. The van der Waals surface area contributed by atoms with Crippen molar-refractivity contribution in [2.75, 3.05) is 0 Å². The lowest BCUT2D eigenvalue weighted by atomic mass is 10.1. The number of hydrogen-bond donors (Lipinski definition) is 2. The Labute approximate surface area is 167 Å². The average Bonchev–Trinajstić information content (AvgIpc) is 3.32. The molecule has 0 atom stereocenters. The smallest absolute Gasteiger partial charge is 0.270 e. The third-order valence-corrected chi connectivity index (χ3v) is 4.88. The molecule has 2 N–H and O–H groups in total. The van der Waals surface area contributed by atoms with Crippen molar-refractivity contribution >= 4 is 23.0 Å². The van der Waals surface area contributed by atoms with E-state index in [0.29, 0.717) is 17.7 Å². The van der Waals surface area contributed by atoms with Crippen LogP contribution in [0.2, 0.25) is 0 Å². The van der Waals surface area contributed by atoms with E-state index in [0.717, 1.165) is 27.9 Å². The van der Waals surface area contributed by atoms with Gasteiger partial charge in [-0.3, -0.25) is 9.78 Å². The van der Waals surface area contributed by atoms with E-state index in [-0.39, 0.29) is 12.6 Å². The molecule has 8 heteroatoms. The number of carbonyl (C=O) groups excluding carboxylic acids is 1. The maximum absolute atomic E-state index is 12.8. The highest BCUT2D eigenvalue weighted by Crippen LogP contribution is 2.26. The average molecular weight is 387 g/mol. The van der Waals surface area contributed by atoms with Gasteiger partial charge < -0.3 is 19.9 Å². The molecule has 3 aromatic heterocycles. The van der Waals surface area contributed by atoms with Crippen molar-refractivity contribution < 1.29 is 4.79 Å². The first-order valence-corrected chi connectivity index (χ1v) is 9.21. The second-order valence-corrected chi connectivity index (χ2v) is 6.90. The Morgan fingerprint density at radius 1 is 1.21 bits per heavy atom. The zero-order chi connectivity index (χ0) is 20.4. The normalized spacial score (nSPS) is 11.0. The summed E-state index contributed by atoms with van der Waals surface area (Å²) in [7, 11) is 1.84. The Hall–Kier alpha value is -3.81. The van der Waals surface area contributed by atoms with Crippen LogP contribution >= 0.6 is 0 Å².